The van der Waals surface area contributed by atoms with Crippen LogP contribution in [0.25, 0.3) is 17.2 Å². The van der Waals surface area contributed by atoms with Crippen LogP contribution in [0.5, 0.6) is 0 Å². The molecule has 0 spiro atoms. The van der Waals surface area contributed by atoms with Gasteiger partial charge in [-0.3, -0.25) is 4.90 Å². The fraction of sp³-hybridized carbons (Fsp3) is 0.333. The summed E-state index contributed by atoms with van der Waals surface area (Å²) in [6, 6.07) is 5.93. The van der Waals surface area contributed by atoms with Crippen LogP contribution in [0, 0.1) is 11.6 Å². The molecule has 2 atom stereocenters. The zero-order valence-electron chi connectivity index (χ0n) is 20.4. The molecular formula is C27H26F5N3O2. The van der Waals surface area contributed by atoms with Crippen LogP contribution in [0.4, 0.5) is 22.0 Å². The molecule has 1 aliphatic heterocycles. The van der Waals surface area contributed by atoms with Gasteiger partial charge in [0.25, 0.3) is 0 Å². The maximum atomic E-state index is 15.4. The molecule has 37 heavy (non-hydrogen) atoms. The highest BCUT2D eigenvalue weighted by molar-refractivity contribution is 5.85. The van der Waals surface area contributed by atoms with Gasteiger partial charge in [0.05, 0.1) is 12.2 Å². The molecule has 4 rings (SSSR count). The number of alkyl halides is 3. The molecular weight excluding hydrogens is 493 g/mol. The molecule has 0 saturated heterocycles. The number of benzene rings is 2. The molecule has 0 unspecified atom stereocenters. The fourth-order valence-electron chi connectivity index (χ4n) is 4.82. The number of aromatic nitrogens is 2. The molecule has 0 bridgehead atoms. The van der Waals surface area contributed by atoms with Gasteiger partial charge in [-0.2, -0.15) is 13.9 Å². The molecule has 2 heterocycles. The van der Waals surface area contributed by atoms with Crippen LogP contribution in [0.15, 0.2) is 48.8 Å². The van der Waals surface area contributed by atoms with Crippen LogP contribution in [-0.4, -0.2) is 44.0 Å². The van der Waals surface area contributed by atoms with Crippen LogP contribution in [0.2, 0.25) is 0 Å². The average molecular weight is 520 g/mol. The molecule has 0 saturated carbocycles. The van der Waals surface area contributed by atoms with E-state index in [1.54, 1.807) is 23.1 Å². The highest BCUT2D eigenvalue weighted by Gasteiger charge is 2.39. The van der Waals surface area contributed by atoms with Gasteiger partial charge < -0.3 is 5.11 Å². The number of nitrogens with zero attached hydrogens (tertiary/aromatic N) is 3. The summed E-state index contributed by atoms with van der Waals surface area (Å²) in [4.78, 5) is 12.5. The van der Waals surface area contributed by atoms with Gasteiger partial charge in [-0.15, -0.1) is 0 Å². The highest BCUT2D eigenvalue weighted by Crippen LogP contribution is 2.42. The number of fused-ring (bicyclic) bond motifs is 1. The first kappa shape index (κ1) is 26.5. The highest BCUT2D eigenvalue weighted by atomic mass is 19.3. The molecule has 1 N–H and O–H groups in total. The second kappa shape index (κ2) is 10.1. The van der Waals surface area contributed by atoms with E-state index in [2.05, 4.69) is 5.10 Å². The Labute approximate surface area is 210 Å². The maximum Gasteiger partial charge on any atom is 0.333 e. The number of aliphatic carboxylic acids is 1. The van der Waals surface area contributed by atoms with Crippen molar-refractivity contribution in [2.75, 3.05) is 6.54 Å². The monoisotopic (exact) mass is 519 g/mol. The summed E-state index contributed by atoms with van der Waals surface area (Å²) >= 11 is 0. The number of hydrogen-bond acceptors (Lipinski definition) is 3. The quantitative estimate of drug-likeness (QED) is 0.290. The minimum absolute atomic E-state index is 0.0361. The summed E-state index contributed by atoms with van der Waals surface area (Å²) in [5.41, 5.74) is 0.500. The molecule has 0 radical (unpaired) electrons. The number of carboxylic acids is 1. The third kappa shape index (κ3) is 5.74. The van der Waals surface area contributed by atoms with Crippen LogP contribution in [0.1, 0.15) is 55.6 Å². The first-order valence-corrected chi connectivity index (χ1v) is 11.6. The molecule has 1 aliphatic rings. The summed E-state index contributed by atoms with van der Waals surface area (Å²) in [6.45, 7) is 1.74. The van der Waals surface area contributed by atoms with Gasteiger partial charge in [0, 0.05) is 36.0 Å². The van der Waals surface area contributed by atoms with Crippen molar-refractivity contribution in [3.05, 3.63) is 82.7 Å². The Hall–Kier alpha value is -3.53. The molecule has 0 aliphatic carbocycles. The van der Waals surface area contributed by atoms with Gasteiger partial charge in [-0.25, -0.2) is 22.6 Å². The van der Waals surface area contributed by atoms with Crippen molar-refractivity contribution in [1.82, 2.24) is 14.7 Å². The van der Waals surface area contributed by atoms with E-state index in [9.17, 15) is 18.0 Å². The van der Waals surface area contributed by atoms with Crippen molar-refractivity contribution >= 4 is 12.0 Å². The minimum Gasteiger partial charge on any atom is -0.478 e. The summed E-state index contributed by atoms with van der Waals surface area (Å²) in [5, 5.41) is 12.5. The number of rotatable bonds is 7. The van der Waals surface area contributed by atoms with Crippen LogP contribution in [-0.2, 0) is 11.2 Å². The van der Waals surface area contributed by atoms with Gasteiger partial charge in [0.1, 0.15) is 17.3 Å². The fourth-order valence-corrected chi connectivity index (χ4v) is 4.82. The molecule has 1 aromatic heterocycles. The summed E-state index contributed by atoms with van der Waals surface area (Å²) < 4.78 is 72.3. The Morgan fingerprint density at radius 2 is 1.86 bits per heavy atom. The zero-order chi connectivity index (χ0) is 27.1. The molecule has 0 amide bonds. The predicted octanol–water partition coefficient (Wildman–Crippen LogP) is 6.41. The van der Waals surface area contributed by atoms with Gasteiger partial charge in [0.2, 0.25) is 0 Å². The Morgan fingerprint density at radius 3 is 2.43 bits per heavy atom. The van der Waals surface area contributed by atoms with Crippen LogP contribution < -0.4 is 0 Å². The lowest BCUT2D eigenvalue weighted by atomic mass is 9.82. The SMILES string of the molecule is C[C@@H]1Cc2cc(-c3cnn(C(F)F)c3)ccc2[C@@H](c2c(F)cc(/C=C/C(=O)O)cc2F)N1CC(C)(C)F. The smallest absolute Gasteiger partial charge is 0.333 e. The van der Waals surface area contributed by atoms with E-state index in [0.29, 0.717) is 27.8 Å². The lowest BCUT2D eigenvalue weighted by molar-refractivity contribution is -0.131. The van der Waals surface area contributed by atoms with Crippen molar-refractivity contribution in [3.63, 3.8) is 0 Å². The molecule has 3 aromatic rings. The molecule has 2 aromatic carbocycles. The molecule has 196 valence electrons. The Kier molecular flexibility index (Phi) is 7.23. The van der Waals surface area contributed by atoms with Crippen LogP contribution in [0.3, 0.4) is 0 Å². The number of halogens is 5. The van der Waals surface area contributed by atoms with E-state index in [0.717, 1.165) is 29.8 Å². The van der Waals surface area contributed by atoms with Gasteiger partial charge in [-0.05, 0) is 67.7 Å². The van der Waals surface area contributed by atoms with Crippen molar-refractivity contribution < 1.29 is 31.9 Å². The van der Waals surface area contributed by atoms with Gasteiger partial charge in [0.15, 0.2) is 0 Å². The topological polar surface area (TPSA) is 58.4 Å². The van der Waals surface area contributed by atoms with Crippen molar-refractivity contribution in [2.45, 2.75) is 51.5 Å². The van der Waals surface area contributed by atoms with E-state index >= 15 is 8.78 Å². The lowest BCUT2D eigenvalue weighted by Crippen LogP contribution is -2.48. The summed E-state index contributed by atoms with van der Waals surface area (Å²) in [7, 11) is 0. The van der Waals surface area contributed by atoms with E-state index in [1.807, 2.05) is 6.92 Å². The van der Waals surface area contributed by atoms with E-state index < -0.39 is 35.9 Å². The lowest BCUT2D eigenvalue weighted by Gasteiger charge is -2.44. The number of hydrogen-bond donors (Lipinski definition) is 1. The Morgan fingerprint density at radius 1 is 1.19 bits per heavy atom. The summed E-state index contributed by atoms with van der Waals surface area (Å²) in [6.07, 6.45) is 4.85. The Bertz CT molecular complexity index is 1320. The van der Waals surface area contributed by atoms with Crippen molar-refractivity contribution in [3.8, 4) is 11.1 Å². The first-order chi connectivity index (χ1) is 17.3. The van der Waals surface area contributed by atoms with Gasteiger partial charge in [-0.1, -0.05) is 18.2 Å². The minimum atomic E-state index is -2.78. The maximum absolute atomic E-state index is 15.4. The molecule has 0 fully saturated rings. The largest absolute Gasteiger partial charge is 0.478 e. The van der Waals surface area contributed by atoms with Crippen molar-refractivity contribution in [2.24, 2.45) is 0 Å². The van der Waals surface area contributed by atoms with Gasteiger partial charge >= 0.3 is 12.5 Å². The van der Waals surface area contributed by atoms with E-state index in [4.69, 9.17) is 5.11 Å². The normalized spacial score (nSPS) is 18.5. The zero-order valence-corrected chi connectivity index (χ0v) is 20.4. The standard InChI is InChI=1S/C27H26F5N3O2/c1-15-8-18-11-17(19-12-33-35(13-19)26(30)31)5-6-20(18)25(34(15)14-27(2,3)32)24-21(28)9-16(10-22(24)29)4-7-23(36)37/h4-7,9-13,15,25-26H,8,14H2,1-3H3,(H,36,37)/b7-4+/t15-,25+/m1/s1. The number of carboxylic acid groups (broad SMARTS) is 1. The Balaban J connectivity index is 1.84. The molecule has 5 nitrogen and oxygen atoms in total. The van der Waals surface area contributed by atoms with E-state index in [1.165, 1.54) is 26.2 Å². The third-order valence-electron chi connectivity index (χ3n) is 6.34. The third-order valence-corrected chi connectivity index (χ3v) is 6.34. The predicted molar refractivity (Wildman–Crippen MR) is 129 cm³/mol. The van der Waals surface area contributed by atoms with Crippen LogP contribution >= 0.6 is 0 Å². The second-order valence-corrected chi connectivity index (χ2v) is 9.82. The molecule has 10 heteroatoms. The van der Waals surface area contributed by atoms with E-state index in [-0.39, 0.29) is 23.7 Å². The second-order valence-electron chi connectivity index (χ2n) is 9.82. The first-order valence-electron chi connectivity index (χ1n) is 11.6. The average Bonchev–Trinajstić information content (AvgIpc) is 3.29. The number of carbonyl (C=O) groups is 1. The van der Waals surface area contributed by atoms with Crippen molar-refractivity contribution in [1.29, 1.82) is 0 Å². The summed E-state index contributed by atoms with van der Waals surface area (Å²) in [5.74, 6) is -3.04.